The molecule has 0 spiro atoms. The molecule has 0 saturated carbocycles. The average Bonchev–Trinajstić information content (AvgIpc) is 3.09. The fourth-order valence-corrected chi connectivity index (χ4v) is 2.43. The molecule has 7 nitrogen and oxygen atoms in total. The van der Waals surface area contributed by atoms with Gasteiger partial charge in [-0.1, -0.05) is 12.1 Å². The Morgan fingerprint density at radius 1 is 1.12 bits per heavy atom. The summed E-state index contributed by atoms with van der Waals surface area (Å²) in [7, 11) is 1.33. The molecule has 0 fully saturated rings. The van der Waals surface area contributed by atoms with Gasteiger partial charge in [-0.25, -0.2) is 4.79 Å². The minimum atomic E-state index is -0.423. The molecule has 0 aromatic heterocycles. The highest BCUT2D eigenvalue weighted by atomic mass is 16.7. The Morgan fingerprint density at radius 3 is 2.76 bits per heavy atom. The van der Waals surface area contributed by atoms with E-state index in [1.807, 2.05) is 6.07 Å². The number of para-hydroxylation sites is 1. The first kappa shape index (κ1) is 16.6. The topological polar surface area (TPSA) is 85.9 Å². The van der Waals surface area contributed by atoms with E-state index in [-0.39, 0.29) is 19.1 Å². The van der Waals surface area contributed by atoms with E-state index in [9.17, 15) is 9.59 Å². The van der Waals surface area contributed by atoms with E-state index in [2.05, 4.69) is 10.6 Å². The summed E-state index contributed by atoms with van der Waals surface area (Å²) in [4.78, 5) is 23.8. The van der Waals surface area contributed by atoms with Crippen LogP contribution in [0.25, 0.3) is 0 Å². The molecular formula is C18H18N2O5. The summed E-state index contributed by atoms with van der Waals surface area (Å²) < 4.78 is 15.2. The molecule has 1 amide bonds. The number of carbonyl (C=O) groups excluding carboxylic acids is 2. The number of methoxy groups -OCH3 is 1. The molecule has 1 aliphatic heterocycles. The lowest BCUT2D eigenvalue weighted by Gasteiger charge is -2.11. The Labute approximate surface area is 144 Å². The third-order valence-corrected chi connectivity index (χ3v) is 3.66. The molecular weight excluding hydrogens is 324 g/mol. The van der Waals surface area contributed by atoms with Gasteiger partial charge in [0.25, 0.3) is 0 Å². The van der Waals surface area contributed by atoms with E-state index in [0.29, 0.717) is 35.0 Å². The normalized spacial score (nSPS) is 11.7. The van der Waals surface area contributed by atoms with E-state index in [0.717, 1.165) is 0 Å². The number of anilines is 2. The van der Waals surface area contributed by atoms with Gasteiger partial charge in [-0.3, -0.25) is 4.79 Å². The summed E-state index contributed by atoms with van der Waals surface area (Å²) >= 11 is 0. The van der Waals surface area contributed by atoms with Crippen molar-refractivity contribution in [2.45, 2.75) is 6.42 Å². The summed E-state index contributed by atoms with van der Waals surface area (Å²) in [6.07, 6.45) is 0.240. The van der Waals surface area contributed by atoms with Crippen LogP contribution >= 0.6 is 0 Å². The second kappa shape index (κ2) is 7.57. The van der Waals surface area contributed by atoms with Gasteiger partial charge < -0.3 is 24.8 Å². The van der Waals surface area contributed by atoms with Crippen molar-refractivity contribution < 1.29 is 23.8 Å². The van der Waals surface area contributed by atoms with Crippen LogP contribution < -0.4 is 20.1 Å². The molecule has 0 atom stereocenters. The monoisotopic (exact) mass is 342 g/mol. The maximum atomic E-state index is 12.1. The summed E-state index contributed by atoms with van der Waals surface area (Å²) in [5.74, 6) is 0.705. The van der Waals surface area contributed by atoms with Crippen LogP contribution in [0.3, 0.4) is 0 Å². The largest absolute Gasteiger partial charge is 0.465 e. The minimum absolute atomic E-state index is 0.151. The fraction of sp³-hybridized carbons (Fsp3) is 0.222. The van der Waals surface area contributed by atoms with Crippen molar-refractivity contribution in [3.05, 3.63) is 48.0 Å². The smallest absolute Gasteiger partial charge is 0.339 e. The number of nitrogens with one attached hydrogen (secondary N) is 2. The first-order chi connectivity index (χ1) is 12.2. The average molecular weight is 342 g/mol. The van der Waals surface area contributed by atoms with Gasteiger partial charge in [0, 0.05) is 30.4 Å². The van der Waals surface area contributed by atoms with Gasteiger partial charge in [0.1, 0.15) is 0 Å². The molecule has 0 bridgehead atoms. The van der Waals surface area contributed by atoms with Crippen LogP contribution in [0.1, 0.15) is 16.8 Å². The number of rotatable bonds is 6. The van der Waals surface area contributed by atoms with Crippen LogP contribution in [0.15, 0.2) is 42.5 Å². The lowest BCUT2D eigenvalue weighted by Crippen LogP contribution is -2.17. The molecule has 0 unspecified atom stereocenters. The molecule has 3 rings (SSSR count). The van der Waals surface area contributed by atoms with Crippen LogP contribution in [-0.2, 0) is 9.53 Å². The number of esters is 1. The molecule has 0 radical (unpaired) electrons. The molecule has 1 aliphatic rings. The zero-order chi connectivity index (χ0) is 17.6. The Hall–Kier alpha value is -3.22. The van der Waals surface area contributed by atoms with Crippen LogP contribution in [0.5, 0.6) is 11.5 Å². The lowest BCUT2D eigenvalue weighted by molar-refractivity contribution is -0.115. The predicted octanol–water partition coefficient (Wildman–Crippen LogP) is 2.64. The Kier molecular flexibility index (Phi) is 5.03. The van der Waals surface area contributed by atoms with E-state index in [1.165, 1.54) is 7.11 Å². The fourth-order valence-electron chi connectivity index (χ4n) is 2.43. The SMILES string of the molecule is COC(=O)c1ccccc1NCCC(=O)Nc1ccc2c(c1)OCO2. The summed E-state index contributed by atoms with van der Waals surface area (Å²) in [6, 6.07) is 12.2. The van der Waals surface area contributed by atoms with Crippen LogP contribution in [0.4, 0.5) is 11.4 Å². The molecule has 0 saturated heterocycles. The highest BCUT2D eigenvalue weighted by Gasteiger charge is 2.14. The third kappa shape index (κ3) is 4.00. The van der Waals surface area contributed by atoms with Gasteiger partial charge in [-0.05, 0) is 24.3 Å². The van der Waals surface area contributed by atoms with Crippen molar-refractivity contribution in [3.8, 4) is 11.5 Å². The van der Waals surface area contributed by atoms with E-state index in [1.54, 1.807) is 36.4 Å². The van der Waals surface area contributed by atoms with Gasteiger partial charge >= 0.3 is 5.97 Å². The second-order valence-electron chi connectivity index (χ2n) is 5.33. The molecule has 0 aliphatic carbocycles. The molecule has 1 heterocycles. The number of carbonyl (C=O) groups is 2. The van der Waals surface area contributed by atoms with Crippen molar-refractivity contribution in [3.63, 3.8) is 0 Å². The van der Waals surface area contributed by atoms with Gasteiger partial charge in [0.05, 0.1) is 12.7 Å². The predicted molar refractivity (Wildman–Crippen MR) is 92.1 cm³/mol. The highest BCUT2D eigenvalue weighted by Crippen LogP contribution is 2.34. The molecule has 25 heavy (non-hydrogen) atoms. The number of hydrogen-bond acceptors (Lipinski definition) is 6. The lowest BCUT2D eigenvalue weighted by atomic mass is 10.1. The summed E-state index contributed by atoms with van der Waals surface area (Å²) in [5.41, 5.74) is 1.70. The van der Waals surface area contributed by atoms with Crippen molar-refractivity contribution in [1.82, 2.24) is 0 Å². The van der Waals surface area contributed by atoms with Crippen molar-refractivity contribution in [2.75, 3.05) is 31.1 Å². The van der Waals surface area contributed by atoms with E-state index < -0.39 is 5.97 Å². The highest BCUT2D eigenvalue weighted by molar-refractivity contribution is 5.96. The summed E-state index contributed by atoms with van der Waals surface area (Å²) in [6.45, 7) is 0.570. The van der Waals surface area contributed by atoms with Gasteiger partial charge in [0.15, 0.2) is 11.5 Å². The quantitative estimate of drug-likeness (QED) is 0.785. The molecule has 130 valence electrons. The Balaban J connectivity index is 1.52. The van der Waals surface area contributed by atoms with Crippen LogP contribution in [0.2, 0.25) is 0 Å². The van der Waals surface area contributed by atoms with E-state index in [4.69, 9.17) is 14.2 Å². The van der Waals surface area contributed by atoms with Gasteiger partial charge in [-0.2, -0.15) is 0 Å². The Morgan fingerprint density at radius 2 is 1.92 bits per heavy atom. The van der Waals surface area contributed by atoms with Crippen molar-refractivity contribution in [2.24, 2.45) is 0 Å². The zero-order valence-electron chi connectivity index (χ0n) is 13.7. The maximum absolute atomic E-state index is 12.1. The first-order valence-electron chi connectivity index (χ1n) is 7.78. The molecule has 7 heteroatoms. The first-order valence-corrected chi connectivity index (χ1v) is 7.78. The summed E-state index contributed by atoms with van der Waals surface area (Å²) in [5, 5.41) is 5.88. The van der Waals surface area contributed by atoms with Gasteiger partial charge in [-0.15, -0.1) is 0 Å². The number of amides is 1. The molecule has 2 aromatic carbocycles. The second-order valence-corrected chi connectivity index (χ2v) is 5.33. The van der Waals surface area contributed by atoms with Crippen molar-refractivity contribution in [1.29, 1.82) is 0 Å². The number of benzene rings is 2. The van der Waals surface area contributed by atoms with Crippen molar-refractivity contribution >= 4 is 23.3 Å². The third-order valence-electron chi connectivity index (χ3n) is 3.66. The number of ether oxygens (including phenoxy) is 3. The van der Waals surface area contributed by atoms with E-state index >= 15 is 0 Å². The van der Waals surface area contributed by atoms with Crippen LogP contribution in [0, 0.1) is 0 Å². The zero-order valence-corrected chi connectivity index (χ0v) is 13.7. The standard InChI is InChI=1S/C18H18N2O5/c1-23-18(22)13-4-2-3-5-14(13)19-9-8-17(21)20-12-6-7-15-16(10-12)25-11-24-15/h2-7,10,19H,8-9,11H2,1H3,(H,20,21). The Bertz CT molecular complexity index is 791. The molecule has 2 aromatic rings. The number of hydrogen-bond donors (Lipinski definition) is 2. The number of fused-ring (bicyclic) bond motifs is 1. The van der Waals surface area contributed by atoms with Crippen LogP contribution in [-0.4, -0.2) is 32.3 Å². The maximum Gasteiger partial charge on any atom is 0.339 e. The minimum Gasteiger partial charge on any atom is -0.465 e. The molecule has 2 N–H and O–H groups in total. The van der Waals surface area contributed by atoms with Gasteiger partial charge in [0.2, 0.25) is 12.7 Å².